The number of hydrogen-bond acceptors (Lipinski definition) is 4. The fourth-order valence-corrected chi connectivity index (χ4v) is 5.58. The molecule has 2 fully saturated rings. The molecular formula is C20H34O4. The van der Waals surface area contributed by atoms with Gasteiger partial charge < -0.3 is 20.4 Å². The smallest absolute Gasteiger partial charge is 0.109 e. The third-order valence-corrected chi connectivity index (χ3v) is 6.66. The normalized spacial score (nSPS) is 46.1. The maximum absolute atomic E-state index is 11.1. The van der Waals surface area contributed by atoms with Gasteiger partial charge in [-0.25, -0.2) is 0 Å². The highest BCUT2D eigenvalue weighted by molar-refractivity contribution is 5.24. The van der Waals surface area contributed by atoms with E-state index in [1.165, 1.54) is 0 Å². The number of allylic oxidation sites excluding steroid dienone is 2. The van der Waals surface area contributed by atoms with Gasteiger partial charge in [0.05, 0.1) is 18.3 Å². The molecule has 0 radical (unpaired) electrons. The third kappa shape index (κ3) is 3.10. The van der Waals surface area contributed by atoms with E-state index in [9.17, 15) is 15.3 Å². The molecule has 0 bridgehead atoms. The molecule has 0 aliphatic heterocycles. The molecule has 2 rings (SSSR count). The third-order valence-electron chi connectivity index (χ3n) is 6.66. The molecule has 0 amide bonds. The molecule has 4 nitrogen and oxygen atoms in total. The van der Waals surface area contributed by atoms with Crippen molar-refractivity contribution in [3.05, 3.63) is 23.8 Å². The van der Waals surface area contributed by atoms with E-state index in [0.29, 0.717) is 0 Å². The van der Waals surface area contributed by atoms with Crippen LogP contribution in [-0.2, 0) is 0 Å². The van der Waals surface area contributed by atoms with Crippen molar-refractivity contribution in [2.45, 2.75) is 71.7 Å². The lowest BCUT2D eigenvalue weighted by atomic mass is 9.44. The summed E-state index contributed by atoms with van der Waals surface area (Å²) in [5.74, 6) is -0.347. The maximum atomic E-state index is 11.1. The first-order valence-electron chi connectivity index (χ1n) is 9.03. The van der Waals surface area contributed by atoms with Crippen molar-refractivity contribution in [2.24, 2.45) is 22.7 Å². The van der Waals surface area contributed by atoms with Gasteiger partial charge in [-0.2, -0.15) is 0 Å². The van der Waals surface area contributed by atoms with Crippen molar-refractivity contribution in [1.29, 1.82) is 0 Å². The van der Waals surface area contributed by atoms with Crippen LogP contribution in [0.4, 0.5) is 0 Å². The van der Waals surface area contributed by atoms with Crippen LogP contribution >= 0.6 is 0 Å². The summed E-state index contributed by atoms with van der Waals surface area (Å²) in [5, 5.41) is 41.5. The SMILES string of the molecule is CC(/C=C/[C@H]1[C@](C)(O)[C@@H](O)[C@H](O)[C@H]2C(C)(C)CCC[C@@]21C)=C\CO. The Morgan fingerprint density at radius 1 is 1.12 bits per heavy atom. The Balaban J connectivity index is 2.50. The van der Waals surface area contributed by atoms with Crippen LogP contribution in [-0.4, -0.2) is 44.8 Å². The summed E-state index contributed by atoms with van der Waals surface area (Å²) in [5.41, 5.74) is -0.857. The molecule has 2 saturated carbocycles. The fourth-order valence-electron chi connectivity index (χ4n) is 5.58. The molecule has 0 aromatic carbocycles. The van der Waals surface area contributed by atoms with E-state index in [4.69, 9.17) is 5.11 Å². The largest absolute Gasteiger partial charge is 0.392 e. The van der Waals surface area contributed by atoms with Gasteiger partial charge in [0, 0.05) is 5.92 Å². The Morgan fingerprint density at radius 2 is 1.75 bits per heavy atom. The lowest BCUT2D eigenvalue weighted by Gasteiger charge is -2.63. The number of aliphatic hydroxyl groups is 4. The van der Waals surface area contributed by atoms with Crippen LogP contribution in [0.15, 0.2) is 23.8 Å². The van der Waals surface area contributed by atoms with Gasteiger partial charge in [0.25, 0.3) is 0 Å². The Labute approximate surface area is 145 Å². The molecule has 4 N–H and O–H groups in total. The van der Waals surface area contributed by atoms with Crippen LogP contribution in [0.2, 0.25) is 0 Å². The van der Waals surface area contributed by atoms with E-state index < -0.39 is 17.8 Å². The topological polar surface area (TPSA) is 80.9 Å². The summed E-state index contributed by atoms with van der Waals surface area (Å²) >= 11 is 0. The quantitative estimate of drug-likeness (QED) is 0.596. The molecule has 138 valence electrons. The van der Waals surface area contributed by atoms with E-state index >= 15 is 0 Å². The Morgan fingerprint density at radius 3 is 2.33 bits per heavy atom. The first-order valence-corrected chi connectivity index (χ1v) is 9.03. The summed E-state index contributed by atoms with van der Waals surface area (Å²) in [4.78, 5) is 0. The van der Waals surface area contributed by atoms with Crippen molar-refractivity contribution >= 4 is 0 Å². The maximum Gasteiger partial charge on any atom is 0.109 e. The van der Waals surface area contributed by atoms with Crippen molar-refractivity contribution in [2.75, 3.05) is 6.61 Å². The van der Waals surface area contributed by atoms with Crippen LogP contribution in [0, 0.1) is 22.7 Å². The number of aliphatic hydroxyl groups excluding tert-OH is 3. The van der Waals surface area contributed by atoms with Gasteiger partial charge in [-0.05, 0) is 43.4 Å². The molecule has 24 heavy (non-hydrogen) atoms. The van der Waals surface area contributed by atoms with Crippen LogP contribution in [0.3, 0.4) is 0 Å². The average Bonchev–Trinajstić information content (AvgIpc) is 2.44. The van der Waals surface area contributed by atoms with Gasteiger partial charge >= 0.3 is 0 Å². The van der Waals surface area contributed by atoms with E-state index in [1.54, 1.807) is 13.0 Å². The monoisotopic (exact) mass is 338 g/mol. The summed E-state index contributed by atoms with van der Waals surface area (Å²) in [6.07, 6.45) is 6.45. The highest BCUT2D eigenvalue weighted by Crippen LogP contribution is 2.62. The second kappa shape index (κ2) is 6.56. The zero-order valence-electron chi connectivity index (χ0n) is 15.7. The van der Waals surface area contributed by atoms with Gasteiger partial charge in [-0.1, -0.05) is 51.0 Å². The van der Waals surface area contributed by atoms with Gasteiger partial charge in [0.2, 0.25) is 0 Å². The Hall–Kier alpha value is -0.680. The highest BCUT2D eigenvalue weighted by atomic mass is 16.4. The first kappa shape index (κ1) is 19.6. The molecule has 0 spiro atoms. The zero-order valence-corrected chi connectivity index (χ0v) is 15.7. The molecule has 2 aliphatic carbocycles. The number of fused-ring (bicyclic) bond motifs is 1. The molecule has 0 saturated heterocycles. The highest BCUT2D eigenvalue weighted by Gasteiger charge is 2.64. The molecule has 0 aromatic heterocycles. The zero-order chi connectivity index (χ0) is 18.3. The minimum Gasteiger partial charge on any atom is -0.392 e. The summed E-state index contributed by atoms with van der Waals surface area (Å²) in [7, 11) is 0. The number of rotatable bonds is 3. The van der Waals surface area contributed by atoms with E-state index in [2.05, 4.69) is 20.8 Å². The summed E-state index contributed by atoms with van der Waals surface area (Å²) in [6.45, 7) is 9.96. The lowest BCUT2D eigenvalue weighted by Crippen LogP contribution is -2.69. The van der Waals surface area contributed by atoms with Crippen molar-refractivity contribution in [1.82, 2.24) is 0 Å². The average molecular weight is 338 g/mol. The summed E-state index contributed by atoms with van der Waals surface area (Å²) < 4.78 is 0. The van der Waals surface area contributed by atoms with Gasteiger partial charge in [0.15, 0.2) is 0 Å². The molecule has 0 aromatic rings. The van der Waals surface area contributed by atoms with Crippen LogP contribution in [0.25, 0.3) is 0 Å². The second-order valence-electron chi connectivity index (χ2n) is 8.95. The molecule has 6 atom stereocenters. The van der Waals surface area contributed by atoms with E-state index in [1.807, 2.05) is 19.1 Å². The van der Waals surface area contributed by atoms with Crippen molar-refractivity contribution in [3.63, 3.8) is 0 Å². The van der Waals surface area contributed by atoms with Crippen LogP contribution in [0.5, 0.6) is 0 Å². The standard InChI is InChI=1S/C20H34O4/c1-13(9-12-21)7-8-14-19(4)11-6-10-18(2,3)16(19)15(22)17(23)20(14,5)24/h7-9,14-17,21-24H,6,10-12H2,1-5H3/b8-7+,13-9+/t14-,15-,16+,17+,19-,20+/m1/s1. The second-order valence-corrected chi connectivity index (χ2v) is 8.95. The molecule has 2 aliphatic rings. The predicted molar refractivity (Wildman–Crippen MR) is 95.3 cm³/mol. The Bertz CT molecular complexity index is 520. The lowest BCUT2D eigenvalue weighted by molar-refractivity contribution is -0.255. The Kier molecular flexibility index (Phi) is 5.37. The van der Waals surface area contributed by atoms with Gasteiger partial charge in [-0.15, -0.1) is 0 Å². The van der Waals surface area contributed by atoms with E-state index in [-0.39, 0.29) is 29.3 Å². The van der Waals surface area contributed by atoms with Crippen molar-refractivity contribution < 1.29 is 20.4 Å². The first-order chi connectivity index (χ1) is 11.0. The minimum atomic E-state index is -1.39. The molecule has 0 unspecified atom stereocenters. The van der Waals surface area contributed by atoms with Gasteiger partial charge in [0.1, 0.15) is 6.10 Å². The van der Waals surface area contributed by atoms with Crippen molar-refractivity contribution in [3.8, 4) is 0 Å². The van der Waals surface area contributed by atoms with E-state index in [0.717, 1.165) is 24.8 Å². The number of hydrogen-bond donors (Lipinski definition) is 4. The molecule has 4 heteroatoms. The molecule has 0 heterocycles. The predicted octanol–water partition coefficient (Wildman–Crippen LogP) is 2.42. The van der Waals surface area contributed by atoms with Crippen LogP contribution < -0.4 is 0 Å². The van der Waals surface area contributed by atoms with Gasteiger partial charge in [-0.3, -0.25) is 0 Å². The molecular weight excluding hydrogens is 304 g/mol. The van der Waals surface area contributed by atoms with Crippen LogP contribution in [0.1, 0.15) is 53.9 Å². The minimum absolute atomic E-state index is 0.0223. The fraction of sp³-hybridized carbons (Fsp3) is 0.800. The summed E-state index contributed by atoms with van der Waals surface area (Å²) in [6, 6.07) is 0.